The number of guanidine groups is 1. The SMILES string of the molecule is CN=C(NCc1ccccc1CN1CCCC1=O)NCC(C)Oc1ccccc1OC.I. The Balaban J connectivity index is 0.00000363. The lowest BCUT2D eigenvalue weighted by atomic mass is 10.1. The standard InChI is InChI=1S/C24H32N4O3.HI/c1-18(31-22-12-7-6-11-21(22)30-3)15-26-24(25-2)27-16-19-9-4-5-10-20(19)17-28-14-8-13-23(28)29;/h4-7,9-12,18H,8,13-17H2,1-3H3,(H2,25,26,27);1H. The van der Waals surface area contributed by atoms with Gasteiger partial charge in [-0.2, -0.15) is 0 Å². The number of hydrogen-bond donors (Lipinski definition) is 2. The van der Waals surface area contributed by atoms with Gasteiger partial charge in [0.15, 0.2) is 17.5 Å². The molecule has 1 amide bonds. The molecule has 0 radical (unpaired) electrons. The van der Waals surface area contributed by atoms with E-state index in [1.54, 1.807) is 14.2 Å². The summed E-state index contributed by atoms with van der Waals surface area (Å²) in [7, 11) is 3.38. The molecule has 7 nitrogen and oxygen atoms in total. The Morgan fingerprint density at radius 1 is 1.09 bits per heavy atom. The van der Waals surface area contributed by atoms with Gasteiger partial charge in [0, 0.05) is 33.1 Å². The van der Waals surface area contributed by atoms with Crippen LogP contribution in [0.5, 0.6) is 11.5 Å². The molecule has 0 saturated carbocycles. The summed E-state index contributed by atoms with van der Waals surface area (Å²) >= 11 is 0. The molecule has 2 N–H and O–H groups in total. The van der Waals surface area contributed by atoms with E-state index in [-0.39, 0.29) is 36.0 Å². The fourth-order valence-electron chi connectivity index (χ4n) is 3.58. The summed E-state index contributed by atoms with van der Waals surface area (Å²) in [5, 5.41) is 6.66. The Bertz CT molecular complexity index is 906. The number of nitrogens with one attached hydrogen (secondary N) is 2. The summed E-state index contributed by atoms with van der Waals surface area (Å²) in [5.74, 6) is 2.37. The summed E-state index contributed by atoms with van der Waals surface area (Å²) < 4.78 is 11.3. The van der Waals surface area contributed by atoms with Gasteiger partial charge < -0.3 is 25.0 Å². The zero-order valence-electron chi connectivity index (χ0n) is 19.0. The van der Waals surface area contributed by atoms with Gasteiger partial charge in [-0.1, -0.05) is 36.4 Å². The number of hydrogen-bond acceptors (Lipinski definition) is 4. The van der Waals surface area contributed by atoms with E-state index in [1.165, 1.54) is 0 Å². The molecule has 1 aliphatic heterocycles. The predicted octanol–water partition coefficient (Wildman–Crippen LogP) is 3.57. The molecule has 1 heterocycles. The number of methoxy groups -OCH3 is 1. The molecule has 1 aliphatic rings. The van der Waals surface area contributed by atoms with E-state index in [0.717, 1.165) is 24.1 Å². The van der Waals surface area contributed by atoms with Crippen molar-refractivity contribution in [1.82, 2.24) is 15.5 Å². The fraction of sp³-hybridized carbons (Fsp3) is 0.417. The number of carbonyl (C=O) groups excluding carboxylic acids is 1. The molecule has 8 heteroatoms. The van der Waals surface area contributed by atoms with E-state index in [9.17, 15) is 4.79 Å². The highest BCUT2D eigenvalue weighted by molar-refractivity contribution is 14.0. The number of carbonyl (C=O) groups is 1. The first-order chi connectivity index (χ1) is 15.1. The van der Waals surface area contributed by atoms with Gasteiger partial charge in [-0.25, -0.2) is 0 Å². The molecule has 1 atom stereocenters. The molecular weight excluding hydrogens is 519 g/mol. The summed E-state index contributed by atoms with van der Waals surface area (Å²) in [6.45, 7) is 4.71. The van der Waals surface area contributed by atoms with E-state index in [1.807, 2.05) is 48.2 Å². The molecule has 2 aromatic carbocycles. The van der Waals surface area contributed by atoms with Crippen molar-refractivity contribution in [3.63, 3.8) is 0 Å². The van der Waals surface area contributed by atoms with Gasteiger partial charge in [0.25, 0.3) is 0 Å². The van der Waals surface area contributed by atoms with Crippen molar-refractivity contribution in [3.05, 3.63) is 59.7 Å². The van der Waals surface area contributed by atoms with Crippen LogP contribution in [0.2, 0.25) is 0 Å². The number of aliphatic imine (C=N–C) groups is 1. The van der Waals surface area contributed by atoms with Crippen LogP contribution in [-0.4, -0.2) is 50.1 Å². The lowest BCUT2D eigenvalue weighted by Crippen LogP contribution is -2.41. The first kappa shape index (κ1) is 25.8. The van der Waals surface area contributed by atoms with Gasteiger partial charge in [-0.05, 0) is 36.6 Å². The van der Waals surface area contributed by atoms with Crippen molar-refractivity contribution >= 4 is 35.8 Å². The van der Waals surface area contributed by atoms with Crippen LogP contribution < -0.4 is 20.1 Å². The van der Waals surface area contributed by atoms with Gasteiger partial charge in [0.1, 0.15) is 6.10 Å². The Hall–Kier alpha value is -2.49. The Labute approximate surface area is 207 Å². The second kappa shape index (κ2) is 13.1. The summed E-state index contributed by atoms with van der Waals surface area (Å²) in [6, 6.07) is 15.8. The number of likely N-dealkylation sites (tertiary alicyclic amines) is 1. The van der Waals surface area contributed by atoms with Crippen LogP contribution in [-0.2, 0) is 17.9 Å². The lowest BCUT2D eigenvalue weighted by molar-refractivity contribution is -0.128. The third kappa shape index (κ3) is 7.29. The van der Waals surface area contributed by atoms with Crippen LogP contribution in [0.15, 0.2) is 53.5 Å². The highest BCUT2D eigenvalue weighted by Crippen LogP contribution is 2.26. The smallest absolute Gasteiger partial charge is 0.222 e. The molecule has 2 aromatic rings. The third-order valence-electron chi connectivity index (χ3n) is 5.28. The van der Waals surface area contributed by atoms with Crippen molar-refractivity contribution in [2.75, 3.05) is 27.2 Å². The molecule has 0 aromatic heterocycles. The minimum atomic E-state index is -0.0803. The molecule has 1 fully saturated rings. The number of para-hydroxylation sites is 2. The van der Waals surface area contributed by atoms with E-state index >= 15 is 0 Å². The van der Waals surface area contributed by atoms with Crippen LogP contribution in [0.1, 0.15) is 30.9 Å². The van der Waals surface area contributed by atoms with Crippen LogP contribution in [0, 0.1) is 0 Å². The van der Waals surface area contributed by atoms with Crippen molar-refractivity contribution in [3.8, 4) is 11.5 Å². The molecule has 0 aliphatic carbocycles. The summed E-state index contributed by atoms with van der Waals surface area (Å²) in [4.78, 5) is 18.2. The minimum Gasteiger partial charge on any atom is -0.493 e. The largest absolute Gasteiger partial charge is 0.493 e. The number of nitrogens with zero attached hydrogens (tertiary/aromatic N) is 2. The van der Waals surface area contributed by atoms with Gasteiger partial charge in [0.2, 0.25) is 5.91 Å². The van der Waals surface area contributed by atoms with Crippen molar-refractivity contribution in [1.29, 1.82) is 0 Å². The van der Waals surface area contributed by atoms with Crippen LogP contribution >= 0.6 is 24.0 Å². The molecule has 1 saturated heterocycles. The van der Waals surface area contributed by atoms with Gasteiger partial charge in [-0.15, -0.1) is 24.0 Å². The highest BCUT2D eigenvalue weighted by Gasteiger charge is 2.20. The zero-order valence-corrected chi connectivity index (χ0v) is 21.3. The fourth-order valence-corrected chi connectivity index (χ4v) is 3.58. The average molecular weight is 552 g/mol. The van der Waals surface area contributed by atoms with Crippen LogP contribution in [0.3, 0.4) is 0 Å². The number of ether oxygens (including phenoxy) is 2. The maximum Gasteiger partial charge on any atom is 0.222 e. The minimum absolute atomic E-state index is 0. The van der Waals surface area contributed by atoms with Gasteiger partial charge in [0.05, 0.1) is 13.7 Å². The normalized spacial score (nSPS) is 14.5. The van der Waals surface area contributed by atoms with Crippen molar-refractivity contribution < 1.29 is 14.3 Å². The number of halogens is 1. The average Bonchev–Trinajstić information content (AvgIpc) is 3.19. The molecule has 1 unspecified atom stereocenters. The van der Waals surface area contributed by atoms with Crippen molar-refractivity contribution in [2.24, 2.45) is 4.99 Å². The first-order valence-corrected chi connectivity index (χ1v) is 10.7. The maximum atomic E-state index is 12.0. The monoisotopic (exact) mass is 552 g/mol. The zero-order chi connectivity index (χ0) is 22.1. The Morgan fingerprint density at radius 2 is 1.78 bits per heavy atom. The van der Waals surface area contributed by atoms with E-state index in [4.69, 9.17) is 9.47 Å². The van der Waals surface area contributed by atoms with Gasteiger partial charge in [-0.3, -0.25) is 9.79 Å². The molecule has 0 bridgehead atoms. The van der Waals surface area contributed by atoms with Crippen molar-refractivity contribution in [2.45, 2.75) is 39.0 Å². The van der Waals surface area contributed by atoms with E-state index < -0.39 is 0 Å². The quantitative estimate of drug-likeness (QED) is 0.283. The Kier molecular flexibility index (Phi) is 10.6. The Morgan fingerprint density at radius 3 is 2.44 bits per heavy atom. The summed E-state index contributed by atoms with van der Waals surface area (Å²) in [6.07, 6.45) is 1.53. The molecule has 174 valence electrons. The molecule has 32 heavy (non-hydrogen) atoms. The third-order valence-corrected chi connectivity index (χ3v) is 5.28. The van der Waals surface area contributed by atoms with Crippen LogP contribution in [0.4, 0.5) is 0 Å². The number of amides is 1. The maximum absolute atomic E-state index is 12.0. The molecular formula is C24H33IN4O3. The first-order valence-electron chi connectivity index (χ1n) is 10.7. The lowest BCUT2D eigenvalue weighted by Gasteiger charge is -2.20. The topological polar surface area (TPSA) is 75.2 Å². The number of benzene rings is 2. The van der Waals surface area contributed by atoms with E-state index in [0.29, 0.717) is 43.5 Å². The summed E-state index contributed by atoms with van der Waals surface area (Å²) in [5.41, 5.74) is 2.32. The second-order valence-electron chi connectivity index (χ2n) is 7.57. The van der Waals surface area contributed by atoms with Crippen LogP contribution in [0.25, 0.3) is 0 Å². The van der Waals surface area contributed by atoms with Gasteiger partial charge >= 0.3 is 0 Å². The number of rotatable bonds is 9. The van der Waals surface area contributed by atoms with E-state index in [2.05, 4.69) is 27.8 Å². The molecule has 3 rings (SSSR count). The second-order valence-corrected chi connectivity index (χ2v) is 7.57. The molecule has 0 spiro atoms. The highest BCUT2D eigenvalue weighted by atomic mass is 127. The predicted molar refractivity (Wildman–Crippen MR) is 138 cm³/mol.